The number of nitrogens with two attached hydrogens (primary N) is 1. The highest BCUT2D eigenvalue weighted by Crippen LogP contribution is 2.21. The van der Waals surface area contributed by atoms with Crippen LogP contribution in [0.1, 0.15) is 10.6 Å². The monoisotopic (exact) mass is 300 g/mol. The van der Waals surface area contributed by atoms with Crippen LogP contribution >= 0.6 is 11.3 Å². The molecule has 3 rings (SSSR count). The molecule has 0 saturated carbocycles. The minimum absolute atomic E-state index is 0.168. The van der Waals surface area contributed by atoms with E-state index in [0.717, 1.165) is 15.2 Å². The lowest BCUT2D eigenvalue weighted by atomic mass is 10.2. The van der Waals surface area contributed by atoms with Crippen molar-refractivity contribution in [1.82, 2.24) is 9.55 Å². The van der Waals surface area contributed by atoms with Gasteiger partial charge >= 0.3 is 0 Å². The number of nitrogens with zero attached hydrogens (tertiary/aromatic N) is 3. The summed E-state index contributed by atoms with van der Waals surface area (Å²) in [4.78, 5) is 16.7. The molecule has 2 heterocycles. The van der Waals surface area contributed by atoms with E-state index in [-0.39, 0.29) is 17.0 Å². The molecular weight excluding hydrogens is 288 g/mol. The maximum Gasteiger partial charge on any atom is 0.262 e. The molecular formula is C14H12N4O2S. The van der Waals surface area contributed by atoms with Crippen molar-refractivity contribution in [2.75, 3.05) is 0 Å². The molecule has 0 saturated heterocycles. The fraction of sp³-hybridized carbons (Fsp3) is 0.0714. The highest BCUT2D eigenvalue weighted by molar-refractivity contribution is 7.18. The van der Waals surface area contributed by atoms with Crippen molar-refractivity contribution in [3.8, 4) is 0 Å². The Morgan fingerprint density at radius 2 is 2.14 bits per heavy atom. The highest BCUT2D eigenvalue weighted by atomic mass is 32.1. The van der Waals surface area contributed by atoms with E-state index in [1.165, 1.54) is 22.0 Å². The van der Waals surface area contributed by atoms with E-state index in [4.69, 9.17) is 10.9 Å². The zero-order valence-corrected chi connectivity index (χ0v) is 11.7. The summed E-state index contributed by atoms with van der Waals surface area (Å²) >= 11 is 1.54. The molecule has 3 aromatic rings. The molecule has 2 aromatic heterocycles. The smallest absolute Gasteiger partial charge is 0.262 e. The maximum atomic E-state index is 12.3. The van der Waals surface area contributed by atoms with Crippen molar-refractivity contribution < 1.29 is 5.21 Å². The molecule has 106 valence electrons. The number of fused-ring (bicyclic) bond motifs is 1. The molecule has 0 amide bonds. The Balaban J connectivity index is 2.00. The zero-order valence-electron chi connectivity index (χ0n) is 10.9. The number of rotatable bonds is 3. The summed E-state index contributed by atoms with van der Waals surface area (Å²) in [5.74, 6) is -0.196. The van der Waals surface area contributed by atoms with Crippen molar-refractivity contribution in [3.63, 3.8) is 0 Å². The number of thiazole rings is 1. The van der Waals surface area contributed by atoms with E-state index in [9.17, 15) is 4.79 Å². The van der Waals surface area contributed by atoms with Crippen LogP contribution in [0.3, 0.4) is 0 Å². The maximum absolute atomic E-state index is 12.3. The van der Waals surface area contributed by atoms with Crippen LogP contribution in [0.5, 0.6) is 0 Å². The first-order valence-electron chi connectivity index (χ1n) is 6.21. The number of aromatic nitrogens is 2. The third-order valence-electron chi connectivity index (χ3n) is 3.05. The summed E-state index contributed by atoms with van der Waals surface area (Å²) in [6.45, 7) is 0.352. The van der Waals surface area contributed by atoms with Gasteiger partial charge in [-0.25, -0.2) is 4.98 Å². The van der Waals surface area contributed by atoms with Crippen LogP contribution in [0.4, 0.5) is 0 Å². The van der Waals surface area contributed by atoms with Crippen molar-refractivity contribution in [3.05, 3.63) is 63.5 Å². The van der Waals surface area contributed by atoms with Crippen LogP contribution in [0, 0.1) is 0 Å². The predicted octanol–water partition coefficient (Wildman–Crippen LogP) is 1.60. The van der Waals surface area contributed by atoms with E-state index in [0.29, 0.717) is 6.54 Å². The van der Waals surface area contributed by atoms with Gasteiger partial charge in [-0.2, -0.15) is 0 Å². The van der Waals surface area contributed by atoms with Crippen molar-refractivity contribution >= 4 is 27.4 Å². The Bertz CT molecular complexity index is 849. The first-order chi connectivity index (χ1) is 10.2. The van der Waals surface area contributed by atoms with Crippen molar-refractivity contribution in [2.24, 2.45) is 10.9 Å². The molecule has 0 bridgehead atoms. The Kier molecular flexibility index (Phi) is 3.41. The van der Waals surface area contributed by atoms with Gasteiger partial charge in [-0.05, 0) is 24.3 Å². The number of hydrogen-bond donors (Lipinski definition) is 2. The largest absolute Gasteiger partial charge is 0.409 e. The minimum atomic E-state index is -0.313. The van der Waals surface area contributed by atoms with Gasteiger partial charge in [0.1, 0.15) is 5.01 Å². The van der Waals surface area contributed by atoms with Gasteiger partial charge in [0.2, 0.25) is 0 Å². The number of amidine groups is 1. The van der Waals surface area contributed by atoms with Crippen molar-refractivity contribution in [2.45, 2.75) is 6.54 Å². The zero-order chi connectivity index (χ0) is 14.8. The Labute approximate surface area is 123 Å². The third kappa shape index (κ3) is 2.50. The summed E-state index contributed by atoms with van der Waals surface area (Å²) in [5, 5.41) is 12.4. The van der Waals surface area contributed by atoms with Crippen LogP contribution < -0.4 is 11.3 Å². The van der Waals surface area contributed by atoms with Crippen LogP contribution in [-0.2, 0) is 6.54 Å². The molecule has 7 heteroatoms. The van der Waals surface area contributed by atoms with E-state index in [2.05, 4.69) is 10.1 Å². The van der Waals surface area contributed by atoms with Gasteiger partial charge in [0.25, 0.3) is 5.56 Å². The highest BCUT2D eigenvalue weighted by Gasteiger charge is 2.10. The molecule has 21 heavy (non-hydrogen) atoms. The quantitative estimate of drug-likeness (QED) is 0.332. The van der Waals surface area contributed by atoms with Crippen molar-refractivity contribution in [1.29, 1.82) is 0 Å². The first kappa shape index (κ1) is 13.3. The molecule has 0 unspecified atom stereocenters. The average Bonchev–Trinajstić information content (AvgIpc) is 2.91. The third-order valence-corrected chi connectivity index (χ3v) is 4.07. The molecule has 0 spiro atoms. The second kappa shape index (κ2) is 5.37. The minimum Gasteiger partial charge on any atom is -0.409 e. The first-order valence-corrected chi connectivity index (χ1v) is 7.02. The lowest BCUT2D eigenvalue weighted by molar-refractivity contribution is 0.318. The van der Waals surface area contributed by atoms with Crippen LogP contribution in [0.25, 0.3) is 10.2 Å². The predicted molar refractivity (Wildman–Crippen MR) is 81.9 cm³/mol. The molecule has 0 aliphatic rings. The van der Waals surface area contributed by atoms with Crippen LogP contribution in [0.15, 0.2) is 52.5 Å². The van der Waals surface area contributed by atoms with Gasteiger partial charge in [0.15, 0.2) is 5.84 Å². The van der Waals surface area contributed by atoms with Gasteiger partial charge < -0.3 is 15.5 Å². The summed E-state index contributed by atoms with van der Waals surface area (Å²) in [7, 11) is 0. The summed E-state index contributed by atoms with van der Waals surface area (Å²) in [5.41, 5.74) is 6.26. The van der Waals surface area contributed by atoms with E-state index < -0.39 is 0 Å². The van der Waals surface area contributed by atoms with E-state index in [1.54, 1.807) is 12.3 Å². The number of hydrogen-bond acceptors (Lipinski definition) is 5. The second-order valence-electron chi connectivity index (χ2n) is 4.42. The molecule has 0 aliphatic heterocycles. The number of para-hydroxylation sites is 1. The Hall–Kier alpha value is -2.67. The van der Waals surface area contributed by atoms with Gasteiger partial charge in [0.05, 0.1) is 22.3 Å². The number of pyridine rings is 1. The summed E-state index contributed by atoms with van der Waals surface area (Å²) in [6, 6.07) is 11.0. The van der Waals surface area contributed by atoms with Crippen LogP contribution in [-0.4, -0.2) is 20.6 Å². The summed E-state index contributed by atoms with van der Waals surface area (Å²) < 4.78 is 2.57. The van der Waals surface area contributed by atoms with Gasteiger partial charge in [-0.3, -0.25) is 4.79 Å². The van der Waals surface area contributed by atoms with Gasteiger partial charge in [-0.1, -0.05) is 17.3 Å². The molecule has 0 fully saturated rings. The fourth-order valence-corrected chi connectivity index (χ4v) is 3.01. The molecule has 1 aromatic carbocycles. The van der Waals surface area contributed by atoms with E-state index >= 15 is 0 Å². The van der Waals surface area contributed by atoms with Gasteiger partial charge in [0, 0.05) is 6.20 Å². The molecule has 0 radical (unpaired) electrons. The number of oxime groups is 1. The van der Waals surface area contributed by atoms with Crippen LogP contribution in [0.2, 0.25) is 0 Å². The summed E-state index contributed by atoms with van der Waals surface area (Å²) in [6.07, 6.45) is 1.66. The molecule has 3 N–H and O–H groups in total. The molecule has 6 nitrogen and oxygen atoms in total. The van der Waals surface area contributed by atoms with E-state index in [1.807, 2.05) is 24.3 Å². The fourth-order valence-electron chi connectivity index (χ4n) is 2.04. The number of benzene rings is 1. The Morgan fingerprint density at radius 3 is 2.90 bits per heavy atom. The van der Waals surface area contributed by atoms with Gasteiger partial charge in [-0.15, -0.1) is 11.3 Å². The molecule has 0 aliphatic carbocycles. The normalized spacial score (nSPS) is 11.9. The lowest BCUT2D eigenvalue weighted by Crippen LogP contribution is -2.29. The lowest BCUT2D eigenvalue weighted by Gasteiger charge is -2.05. The second-order valence-corrected chi connectivity index (χ2v) is 5.53. The Morgan fingerprint density at radius 1 is 1.33 bits per heavy atom. The SMILES string of the molecule is N/C(=N/O)c1cccn(Cc2nc3ccccc3s2)c1=O. The molecule has 0 atom stereocenters. The average molecular weight is 300 g/mol. The standard InChI is InChI=1S/C14H12N4O2S/c15-13(17-20)9-4-3-7-18(14(9)19)8-12-16-10-5-1-2-6-11(10)21-12/h1-7,20H,8H2,(H2,15,17). The topological polar surface area (TPSA) is 93.5 Å².